The average molecular weight is 238 g/mol. The molecule has 2 nitrogen and oxygen atoms in total. The van der Waals surface area contributed by atoms with Crippen molar-refractivity contribution in [2.24, 2.45) is 0 Å². The number of hydrogen-bond acceptors (Lipinski definition) is 2. The number of fused-ring (bicyclic) bond motifs is 1. The first kappa shape index (κ1) is 11.3. The molecule has 2 heteroatoms. The molecule has 0 unspecified atom stereocenters. The fourth-order valence-corrected chi connectivity index (χ4v) is 2.70. The Morgan fingerprint density at radius 3 is 2.56 bits per heavy atom. The lowest BCUT2D eigenvalue weighted by Crippen LogP contribution is -2.17. The Labute approximate surface area is 108 Å². The van der Waals surface area contributed by atoms with Gasteiger partial charge in [-0.05, 0) is 36.7 Å². The molecule has 0 saturated heterocycles. The molecule has 1 N–H and O–H groups in total. The summed E-state index contributed by atoms with van der Waals surface area (Å²) in [7, 11) is 1.99. The molecule has 2 aromatic rings. The van der Waals surface area contributed by atoms with Gasteiger partial charge in [-0.3, -0.25) is 0 Å². The fraction of sp³-hybridized carbons (Fsp3) is 0.250. The van der Waals surface area contributed by atoms with E-state index in [1.807, 2.05) is 7.05 Å². The molecule has 0 saturated carbocycles. The van der Waals surface area contributed by atoms with Gasteiger partial charge in [-0.15, -0.1) is 0 Å². The van der Waals surface area contributed by atoms with Crippen molar-refractivity contribution in [1.29, 1.82) is 0 Å². The normalized spacial score (nSPS) is 13.7. The zero-order valence-electron chi connectivity index (χ0n) is 10.7. The largest absolute Gasteiger partial charge is 0.341 e. The first-order valence-corrected chi connectivity index (χ1v) is 6.48. The summed E-state index contributed by atoms with van der Waals surface area (Å²) in [5, 5.41) is 3.25. The van der Waals surface area contributed by atoms with Gasteiger partial charge in [0, 0.05) is 24.5 Å². The SMILES string of the molecule is CNCc1ccccc1N1CCc2ccccc21. The molecule has 0 spiro atoms. The second-order valence-corrected chi connectivity index (χ2v) is 4.69. The Morgan fingerprint density at radius 2 is 1.72 bits per heavy atom. The van der Waals surface area contributed by atoms with Gasteiger partial charge in [0.2, 0.25) is 0 Å². The van der Waals surface area contributed by atoms with Gasteiger partial charge < -0.3 is 10.2 Å². The molecule has 1 aliphatic heterocycles. The summed E-state index contributed by atoms with van der Waals surface area (Å²) in [6.45, 7) is 1.99. The van der Waals surface area contributed by atoms with Gasteiger partial charge in [-0.1, -0.05) is 36.4 Å². The maximum absolute atomic E-state index is 3.25. The molecule has 2 aromatic carbocycles. The van der Waals surface area contributed by atoms with E-state index in [2.05, 4.69) is 58.7 Å². The number of nitrogens with one attached hydrogen (secondary N) is 1. The minimum atomic E-state index is 0.912. The Kier molecular flexibility index (Phi) is 3.03. The first-order chi connectivity index (χ1) is 8.90. The molecule has 1 aliphatic rings. The lowest BCUT2D eigenvalue weighted by Gasteiger charge is -2.22. The van der Waals surface area contributed by atoms with Crippen LogP contribution in [0, 0.1) is 0 Å². The van der Waals surface area contributed by atoms with Crippen LogP contribution in [0.3, 0.4) is 0 Å². The average Bonchev–Trinajstić information content (AvgIpc) is 2.84. The molecule has 0 aromatic heterocycles. The van der Waals surface area contributed by atoms with Crippen LogP contribution in [0.5, 0.6) is 0 Å². The van der Waals surface area contributed by atoms with Gasteiger partial charge in [0.1, 0.15) is 0 Å². The lowest BCUT2D eigenvalue weighted by atomic mass is 10.1. The summed E-state index contributed by atoms with van der Waals surface area (Å²) >= 11 is 0. The van der Waals surface area contributed by atoms with Crippen molar-refractivity contribution in [3.05, 3.63) is 59.7 Å². The van der Waals surface area contributed by atoms with E-state index in [0.717, 1.165) is 19.5 Å². The summed E-state index contributed by atoms with van der Waals surface area (Å²) in [5.41, 5.74) is 5.51. The van der Waals surface area contributed by atoms with Crippen LogP contribution in [0.25, 0.3) is 0 Å². The van der Waals surface area contributed by atoms with E-state index in [-0.39, 0.29) is 0 Å². The van der Waals surface area contributed by atoms with Gasteiger partial charge in [0.15, 0.2) is 0 Å². The Bertz CT molecular complexity index is 548. The Balaban J connectivity index is 2.02. The molecular formula is C16H18N2. The molecule has 1 heterocycles. The van der Waals surface area contributed by atoms with Crippen molar-refractivity contribution < 1.29 is 0 Å². The van der Waals surface area contributed by atoms with Crippen molar-refractivity contribution in [2.75, 3.05) is 18.5 Å². The second-order valence-electron chi connectivity index (χ2n) is 4.69. The monoisotopic (exact) mass is 238 g/mol. The van der Waals surface area contributed by atoms with Crippen molar-refractivity contribution >= 4 is 11.4 Å². The summed E-state index contributed by atoms with van der Waals surface area (Å²) in [5.74, 6) is 0. The third-order valence-corrected chi connectivity index (χ3v) is 3.54. The van der Waals surface area contributed by atoms with Gasteiger partial charge in [-0.25, -0.2) is 0 Å². The van der Waals surface area contributed by atoms with Crippen LogP contribution in [0.1, 0.15) is 11.1 Å². The highest BCUT2D eigenvalue weighted by Gasteiger charge is 2.21. The van der Waals surface area contributed by atoms with Gasteiger partial charge >= 0.3 is 0 Å². The highest BCUT2D eigenvalue weighted by Crippen LogP contribution is 2.35. The Morgan fingerprint density at radius 1 is 1.00 bits per heavy atom. The Hall–Kier alpha value is -1.80. The van der Waals surface area contributed by atoms with Crippen molar-refractivity contribution in [2.45, 2.75) is 13.0 Å². The van der Waals surface area contributed by atoms with Crippen LogP contribution in [0.2, 0.25) is 0 Å². The van der Waals surface area contributed by atoms with Gasteiger partial charge in [0.05, 0.1) is 0 Å². The molecule has 0 bridgehead atoms. The van der Waals surface area contributed by atoms with Gasteiger partial charge in [0.25, 0.3) is 0 Å². The minimum absolute atomic E-state index is 0.912. The lowest BCUT2D eigenvalue weighted by molar-refractivity contribution is 0.813. The first-order valence-electron chi connectivity index (χ1n) is 6.48. The van der Waals surface area contributed by atoms with Crippen molar-refractivity contribution in [3.8, 4) is 0 Å². The zero-order chi connectivity index (χ0) is 12.4. The minimum Gasteiger partial charge on any atom is -0.341 e. The number of nitrogens with zero attached hydrogens (tertiary/aromatic N) is 1. The van der Waals surface area contributed by atoms with E-state index in [1.54, 1.807) is 0 Å². The number of hydrogen-bond donors (Lipinski definition) is 1. The van der Waals surface area contributed by atoms with Crippen LogP contribution in [-0.2, 0) is 13.0 Å². The third kappa shape index (κ3) is 1.89. The quantitative estimate of drug-likeness (QED) is 0.884. The predicted octanol–water partition coefficient (Wildman–Crippen LogP) is 3.10. The standard InChI is InChI=1S/C16H18N2/c1-17-12-14-7-3-5-9-16(14)18-11-10-13-6-2-4-8-15(13)18/h2-9,17H,10-12H2,1H3. The fourth-order valence-electron chi connectivity index (χ4n) is 2.70. The predicted molar refractivity (Wildman–Crippen MR) is 76.4 cm³/mol. The van der Waals surface area contributed by atoms with Crippen LogP contribution in [-0.4, -0.2) is 13.6 Å². The summed E-state index contributed by atoms with van der Waals surface area (Å²) in [6, 6.07) is 17.4. The van der Waals surface area contributed by atoms with Crippen LogP contribution < -0.4 is 10.2 Å². The molecule has 0 atom stereocenters. The zero-order valence-corrected chi connectivity index (χ0v) is 10.7. The molecule has 0 amide bonds. The maximum Gasteiger partial charge on any atom is 0.0456 e. The van der Waals surface area contributed by atoms with Crippen LogP contribution in [0.15, 0.2) is 48.5 Å². The number of benzene rings is 2. The molecule has 92 valence electrons. The summed E-state index contributed by atoms with van der Waals surface area (Å²) < 4.78 is 0. The molecule has 18 heavy (non-hydrogen) atoms. The summed E-state index contributed by atoms with van der Waals surface area (Å²) in [4.78, 5) is 2.43. The van der Waals surface area contributed by atoms with Crippen LogP contribution >= 0.6 is 0 Å². The van der Waals surface area contributed by atoms with E-state index in [9.17, 15) is 0 Å². The molecule has 0 aliphatic carbocycles. The highest BCUT2D eigenvalue weighted by molar-refractivity contribution is 5.71. The van der Waals surface area contributed by atoms with E-state index >= 15 is 0 Å². The van der Waals surface area contributed by atoms with E-state index in [1.165, 1.54) is 22.5 Å². The number of anilines is 2. The molecule has 3 rings (SSSR count). The van der Waals surface area contributed by atoms with Crippen LogP contribution in [0.4, 0.5) is 11.4 Å². The second kappa shape index (κ2) is 4.83. The summed E-state index contributed by atoms with van der Waals surface area (Å²) in [6.07, 6.45) is 1.14. The topological polar surface area (TPSA) is 15.3 Å². The maximum atomic E-state index is 3.25. The van der Waals surface area contributed by atoms with E-state index in [0.29, 0.717) is 0 Å². The smallest absolute Gasteiger partial charge is 0.0456 e. The van der Waals surface area contributed by atoms with Crippen molar-refractivity contribution in [1.82, 2.24) is 5.32 Å². The highest BCUT2D eigenvalue weighted by atomic mass is 15.2. The van der Waals surface area contributed by atoms with E-state index in [4.69, 9.17) is 0 Å². The van der Waals surface area contributed by atoms with E-state index < -0.39 is 0 Å². The molecule has 0 fully saturated rings. The number of rotatable bonds is 3. The van der Waals surface area contributed by atoms with Gasteiger partial charge in [-0.2, -0.15) is 0 Å². The number of para-hydroxylation sites is 2. The third-order valence-electron chi connectivity index (χ3n) is 3.54. The molecule has 0 radical (unpaired) electrons. The van der Waals surface area contributed by atoms with Crippen molar-refractivity contribution in [3.63, 3.8) is 0 Å². The molecular weight excluding hydrogens is 220 g/mol.